The highest BCUT2D eigenvalue weighted by molar-refractivity contribution is 6.06. The fourth-order valence-electron chi connectivity index (χ4n) is 1.86. The van der Waals surface area contributed by atoms with Gasteiger partial charge in [0.2, 0.25) is 0 Å². The minimum Gasteiger partial charge on any atom is -0.304 e. The molecule has 0 aromatic carbocycles. The van der Waals surface area contributed by atoms with Crippen LogP contribution >= 0.6 is 0 Å². The van der Waals surface area contributed by atoms with Crippen molar-refractivity contribution in [2.24, 2.45) is 10.1 Å². The van der Waals surface area contributed by atoms with Crippen LogP contribution in [0.25, 0.3) is 0 Å². The van der Waals surface area contributed by atoms with Gasteiger partial charge in [-0.15, -0.1) is 10.6 Å². The van der Waals surface area contributed by atoms with Crippen LogP contribution in [0.4, 0.5) is 0 Å². The average Bonchev–Trinajstić information content (AvgIpc) is 2.86. The van der Waals surface area contributed by atoms with E-state index in [9.17, 15) is 0 Å². The van der Waals surface area contributed by atoms with Gasteiger partial charge in [-0.25, -0.2) is 5.53 Å². The Balaban J connectivity index is 1.74. The van der Waals surface area contributed by atoms with E-state index in [1.165, 1.54) is 0 Å². The maximum Gasteiger partial charge on any atom is 0.187 e. The number of hydrogen-bond acceptors (Lipinski definition) is 6. The minimum atomic E-state index is 0.803. The van der Waals surface area contributed by atoms with Crippen LogP contribution in [0.5, 0.6) is 0 Å². The summed E-state index contributed by atoms with van der Waals surface area (Å²) in [6.45, 7) is 8.52. The van der Waals surface area contributed by atoms with Crippen molar-refractivity contribution in [3.05, 3.63) is 12.2 Å². The summed E-state index contributed by atoms with van der Waals surface area (Å²) in [6, 6.07) is 0. The molecule has 0 saturated heterocycles. The van der Waals surface area contributed by atoms with E-state index in [4.69, 9.17) is 0 Å². The summed E-state index contributed by atoms with van der Waals surface area (Å²) >= 11 is 0. The molecule has 0 amide bonds. The third-order valence-electron chi connectivity index (χ3n) is 2.99. The molecule has 0 fully saturated rings. The standard InChI is InChI=1S/C11H21N7/c1-3-17(4-2)9-5-8-12-10-6-7-11-13-15-16-18(11)14-10/h6-7,15-16H,3-5,8-9H2,1-2H3,(H,12,14). The maximum atomic E-state index is 4.51. The highest BCUT2D eigenvalue weighted by Crippen LogP contribution is 1.99. The SMILES string of the molecule is CCN(CC)CCCN=C1C=CC2=NNNN2N1. The number of amidine groups is 2. The molecule has 100 valence electrons. The van der Waals surface area contributed by atoms with E-state index in [2.05, 4.69) is 45.3 Å². The number of fused-ring (bicyclic) bond motifs is 1. The van der Waals surface area contributed by atoms with Crippen LogP contribution in [-0.2, 0) is 0 Å². The monoisotopic (exact) mass is 251 g/mol. The molecular formula is C11H21N7. The molecular weight excluding hydrogens is 230 g/mol. The predicted octanol–water partition coefficient (Wildman–Crippen LogP) is -0.170. The fourth-order valence-corrected chi connectivity index (χ4v) is 1.86. The second-order valence-corrected chi connectivity index (χ2v) is 4.12. The van der Waals surface area contributed by atoms with Gasteiger partial charge >= 0.3 is 0 Å². The van der Waals surface area contributed by atoms with Gasteiger partial charge in [-0.05, 0) is 38.2 Å². The highest BCUT2D eigenvalue weighted by Gasteiger charge is 2.18. The molecule has 2 rings (SSSR count). The first-order chi connectivity index (χ1) is 8.83. The molecule has 0 unspecified atom stereocenters. The molecule has 0 radical (unpaired) electrons. The number of hydrazone groups is 1. The molecule has 2 heterocycles. The summed E-state index contributed by atoms with van der Waals surface area (Å²) in [5.41, 5.74) is 8.62. The molecule has 0 aromatic heterocycles. The van der Waals surface area contributed by atoms with Crippen molar-refractivity contribution in [2.75, 3.05) is 26.2 Å². The molecule has 2 aliphatic rings. The van der Waals surface area contributed by atoms with Crippen LogP contribution < -0.4 is 16.5 Å². The highest BCUT2D eigenvalue weighted by atomic mass is 15.9. The molecule has 18 heavy (non-hydrogen) atoms. The number of rotatable bonds is 6. The van der Waals surface area contributed by atoms with Crippen molar-refractivity contribution in [3.8, 4) is 0 Å². The van der Waals surface area contributed by atoms with E-state index in [1.807, 2.05) is 12.2 Å². The van der Waals surface area contributed by atoms with Gasteiger partial charge in [-0.2, -0.15) is 5.12 Å². The van der Waals surface area contributed by atoms with Gasteiger partial charge in [0, 0.05) is 6.54 Å². The third-order valence-corrected chi connectivity index (χ3v) is 2.99. The lowest BCUT2D eigenvalue weighted by molar-refractivity contribution is 0.259. The Morgan fingerprint density at radius 2 is 2.17 bits per heavy atom. The van der Waals surface area contributed by atoms with Gasteiger partial charge in [0.05, 0.1) is 0 Å². The van der Waals surface area contributed by atoms with E-state index in [0.29, 0.717) is 0 Å². The van der Waals surface area contributed by atoms with Crippen LogP contribution in [0.1, 0.15) is 20.3 Å². The summed E-state index contributed by atoms with van der Waals surface area (Å²) in [6.07, 6.45) is 4.92. The summed E-state index contributed by atoms with van der Waals surface area (Å²) in [5, 5.41) is 5.70. The van der Waals surface area contributed by atoms with E-state index in [0.717, 1.165) is 44.3 Å². The molecule has 2 aliphatic heterocycles. The number of nitrogens with zero attached hydrogens (tertiary/aromatic N) is 4. The smallest absolute Gasteiger partial charge is 0.187 e. The summed E-state index contributed by atoms with van der Waals surface area (Å²) < 4.78 is 0. The Bertz CT molecular complexity index is 356. The predicted molar refractivity (Wildman–Crippen MR) is 72.5 cm³/mol. The van der Waals surface area contributed by atoms with Crippen molar-refractivity contribution in [1.29, 1.82) is 0 Å². The largest absolute Gasteiger partial charge is 0.304 e. The molecule has 7 heteroatoms. The molecule has 0 saturated carbocycles. The zero-order valence-electron chi connectivity index (χ0n) is 11.0. The molecule has 0 atom stereocenters. The Kier molecular flexibility index (Phi) is 4.54. The number of aliphatic imine (C=N–C) groups is 1. The van der Waals surface area contributed by atoms with Crippen LogP contribution in [0.3, 0.4) is 0 Å². The van der Waals surface area contributed by atoms with Gasteiger partial charge in [-0.1, -0.05) is 13.8 Å². The normalized spacial score (nSPS) is 19.8. The molecule has 7 nitrogen and oxygen atoms in total. The van der Waals surface area contributed by atoms with E-state index < -0.39 is 0 Å². The summed E-state index contributed by atoms with van der Waals surface area (Å²) in [5.74, 6) is 1.65. The van der Waals surface area contributed by atoms with Gasteiger partial charge in [0.25, 0.3) is 0 Å². The van der Waals surface area contributed by atoms with Crippen molar-refractivity contribution in [3.63, 3.8) is 0 Å². The quantitative estimate of drug-likeness (QED) is 0.572. The fraction of sp³-hybridized carbons (Fsp3) is 0.636. The Hall–Kier alpha value is -1.60. The van der Waals surface area contributed by atoms with Gasteiger partial charge in [-0.3, -0.25) is 10.4 Å². The van der Waals surface area contributed by atoms with Crippen LogP contribution in [-0.4, -0.2) is 47.9 Å². The Labute approximate surface area is 108 Å². The molecule has 0 bridgehead atoms. The average molecular weight is 251 g/mol. The number of hydrogen-bond donors (Lipinski definition) is 3. The maximum absolute atomic E-state index is 4.51. The van der Waals surface area contributed by atoms with Gasteiger partial charge in [0.15, 0.2) is 5.84 Å². The van der Waals surface area contributed by atoms with Crippen LogP contribution in [0, 0.1) is 0 Å². The van der Waals surface area contributed by atoms with Gasteiger partial charge in [0.1, 0.15) is 5.84 Å². The third kappa shape index (κ3) is 3.21. The van der Waals surface area contributed by atoms with Crippen molar-refractivity contribution in [2.45, 2.75) is 20.3 Å². The number of hydrazine groups is 3. The second kappa shape index (κ2) is 6.36. The lowest BCUT2D eigenvalue weighted by Crippen LogP contribution is -2.53. The first-order valence-corrected chi connectivity index (χ1v) is 6.43. The van der Waals surface area contributed by atoms with Gasteiger partial charge < -0.3 is 4.90 Å². The zero-order chi connectivity index (χ0) is 12.8. The van der Waals surface area contributed by atoms with Crippen LogP contribution in [0.2, 0.25) is 0 Å². The lowest BCUT2D eigenvalue weighted by atomic mass is 10.3. The van der Waals surface area contributed by atoms with E-state index in [1.54, 1.807) is 5.12 Å². The first-order valence-electron chi connectivity index (χ1n) is 6.43. The van der Waals surface area contributed by atoms with Crippen LogP contribution in [0.15, 0.2) is 22.2 Å². The first kappa shape index (κ1) is 12.8. The molecule has 0 aliphatic carbocycles. The zero-order valence-corrected chi connectivity index (χ0v) is 11.0. The van der Waals surface area contributed by atoms with Crippen molar-refractivity contribution < 1.29 is 0 Å². The minimum absolute atomic E-state index is 0.803. The molecule has 0 spiro atoms. The van der Waals surface area contributed by atoms with E-state index in [-0.39, 0.29) is 0 Å². The second-order valence-electron chi connectivity index (χ2n) is 4.12. The Morgan fingerprint density at radius 3 is 2.94 bits per heavy atom. The number of nitrogens with one attached hydrogen (secondary N) is 3. The van der Waals surface area contributed by atoms with Crippen molar-refractivity contribution in [1.82, 2.24) is 26.5 Å². The Morgan fingerprint density at radius 1 is 1.33 bits per heavy atom. The van der Waals surface area contributed by atoms with Crippen molar-refractivity contribution >= 4 is 11.7 Å². The lowest BCUT2D eigenvalue weighted by Gasteiger charge is -2.22. The molecule has 0 aromatic rings. The summed E-state index contributed by atoms with van der Waals surface area (Å²) in [4.78, 5) is 6.92. The topological polar surface area (TPSA) is 67.3 Å². The van der Waals surface area contributed by atoms with E-state index >= 15 is 0 Å². The summed E-state index contributed by atoms with van der Waals surface area (Å²) in [7, 11) is 0. The molecule has 3 N–H and O–H groups in total.